The topological polar surface area (TPSA) is 93.4 Å². The van der Waals surface area contributed by atoms with Crippen molar-refractivity contribution in [2.24, 2.45) is 5.10 Å². The number of hydrogen-bond acceptors (Lipinski definition) is 4. The molecule has 0 saturated heterocycles. The number of hydrazone groups is 1. The largest absolute Gasteiger partial charge is 0.508 e. The van der Waals surface area contributed by atoms with Crippen LogP contribution in [0.3, 0.4) is 0 Å². The van der Waals surface area contributed by atoms with Crippen molar-refractivity contribution in [3.8, 4) is 11.5 Å². The Bertz CT molecular complexity index is 403. The molecule has 0 aliphatic carbocycles. The van der Waals surface area contributed by atoms with E-state index in [1.165, 1.54) is 25.4 Å². The quantitative estimate of drug-likeness (QED) is 0.502. The summed E-state index contributed by atoms with van der Waals surface area (Å²) in [7, 11) is 1.26. The number of benzene rings is 1. The molecule has 1 rings (SSSR count). The van der Waals surface area contributed by atoms with Crippen molar-refractivity contribution in [1.82, 2.24) is 5.01 Å². The highest BCUT2D eigenvalue weighted by Gasteiger charge is 2.03. The zero-order chi connectivity index (χ0) is 11.4. The highest BCUT2D eigenvalue weighted by molar-refractivity contribution is 5.84. The van der Waals surface area contributed by atoms with Crippen molar-refractivity contribution in [3.63, 3.8) is 0 Å². The molecule has 1 aromatic rings. The maximum absolute atomic E-state index is 10.4. The van der Waals surface area contributed by atoms with Gasteiger partial charge in [0.1, 0.15) is 11.5 Å². The van der Waals surface area contributed by atoms with E-state index in [9.17, 15) is 9.90 Å². The standard InChI is InChI=1S/C9H10N2O4/c1-11(9(14)15)10-5-6-2-3-7(12)4-8(6)13/h2-5,12-13H,1H3,(H,14,15). The zero-order valence-electron chi connectivity index (χ0n) is 7.95. The van der Waals surface area contributed by atoms with Crippen molar-refractivity contribution in [3.05, 3.63) is 23.8 Å². The van der Waals surface area contributed by atoms with Crippen molar-refractivity contribution in [2.45, 2.75) is 0 Å². The SMILES string of the molecule is CN(N=Cc1ccc(O)cc1O)C(=O)O. The lowest BCUT2D eigenvalue weighted by Gasteiger charge is -2.04. The molecule has 0 atom stereocenters. The van der Waals surface area contributed by atoms with Crippen LogP contribution in [0.2, 0.25) is 0 Å². The second kappa shape index (κ2) is 4.32. The van der Waals surface area contributed by atoms with Gasteiger partial charge in [0, 0.05) is 18.7 Å². The summed E-state index contributed by atoms with van der Waals surface area (Å²) in [5.74, 6) is -0.242. The smallest absolute Gasteiger partial charge is 0.427 e. The van der Waals surface area contributed by atoms with E-state index in [-0.39, 0.29) is 11.5 Å². The third-order valence-corrected chi connectivity index (χ3v) is 1.66. The minimum absolute atomic E-state index is 0.0729. The van der Waals surface area contributed by atoms with Crippen molar-refractivity contribution in [2.75, 3.05) is 7.05 Å². The molecule has 0 aliphatic heterocycles. The van der Waals surface area contributed by atoms with E-state index in [2.05, 4.69) is 5.10 Å². The molecule has 6 nitrogen and oxygen atoms in total. The first-order chi connectivity index (χ1) is 7.00. The van der Waals surface area contributed by atoms with Crippen LogP contribution in [0.5, 0.6) is 11.5 Å². The Kier molecular flexibility index (Phi) is 3.12. The summed E-state index contributed by atoms with van der Waals surface area (Å²) in [5.41, 5.74) is 0.320. The Labute approximate surface area is 85.7 Å². The van der Waals surface area contributed by atoms with Crippen LogP contribution >= 0.6 is 0 Å². The van der Waals surface area contributed by atoms with E-state index in [0.717, 1.165) is 6.07 Å². The number of aromatic hydroxyl groups is 2. The summed E-state index contributed by atoms with van der Waals surface area (Å²) >= 11 is 0. The number of rotatable bonds is 2. The molecule has 0 heterocycles. The van der Waals surface area contributed by atoms with Gasteiger partial charge in [0.15, 0.2) is 0 Å². The van der Waals surface area contributed by atoms with Gasteiger partial charge in [-0.15, -0.1) is 0 Å². The Balaban J connectivity index is 2.85. The van der Waals surface area contributed by atoms with E-state index >= 15 is 0 Å². The third-order valence-electron chi connectivity index (χ3n) is 1.66. The van der Waals surface area contributed by atoms with Gasteiger partial charge in [0.05, 0.1) is 6.21 Å². The van der Waals surface area contributed by atoms with E-state index in [4.69, 9.17) is 10.2 Å². The average molecular weight is 210 g/mol. The lowest BCUT2D eigenvalue weighted by molar-refractivity contribution is 0.158. The van der Waals surface area contributed by atoms with Crippen LogP contribution in [0.25, 0.3) is 0 Å². The van der Waals surface area contributed by atoms with Gasteiger partial charge >= 0.3 is 6.09 Å². The molecule has 0 radical (unpaired) electrons. The lowest BCUT2D eigenvalue weighted by Crippen LogP contribution is -2.18. The second-order valence-electron chi connectivity index (χ2n) is 2.79. The normalized spacial score (nSPS) is 10.5. The van der Waals surface area contributed by atoms with Gasteiger partial charge in [-0.1, -0.05) is 0 Å². The number of nitrogens with zero attached hydrogens (tertiary/aromatic N) is 2. The Hall–Kier alpha value is -2.24. The first kappa shape index (κ1) is 10.8. The molecule has 3 N–H and O–H groups in total. The molecule has 80 valence electrons. The molecule has 1 amide bonds. The summed E-state index contributed by atoms with van der Waals surface area (Å²) < 4.78 is 0. The van der Waals surface area contributed by atoms with Crippen LogP contribution < -0.4 is 0 Å². The van der Waals surface area contributed by atoms with Crippen molar-refractivity contribution >= 4 is 12.3 Å². The van der Waals surface area contributed by atoms with E-state index in [0.29, 0.717) is 10.6 Å². The molecule has 1 aromatic carbocycles. The van der Waals surface area contributed by atoms with Crippen LogP contribution in [0.4, 0.5) is 4.79 Å². The summed E-state index contributed by atoms with van der Waals surface area (Å²) in [6.45, 7) is 0. The van der Waals surface area contributed by atoms with Crippen LogP contribution in [0.15, 0.2) is 23.3 Å². The molecular formula is C9H10N2O4. The maximum atomic E-state index is 10.4. The van der Waals surface area contributed by atoms with Gasteiger partial charge in [-0.25, -0.2) is 9.80 Å². The molecule has 0 aromatic heterocycles. The molecule has 0 aliphatic rings. The van der Waals surface area contributed by atoms with Gasteiger partial charge < -0.3 is 15.3 Å². The number of carboxylic acid groups (broad SMARTS) is 1. The molecule has 0 saturated carbocycles. The molecule has 0 spiro atoms. The van der Waals surface area contributed by atoms with Crippen LogP contribution in [0, 0.1) is 0 Å². The fourth-order valence-electron chi connectivity index (χ4n) is 0.839. The van der Waals surface area contributed by atoms with Gasteiger partial charge in [-0.2, -0.15) is 5.10 Å². The van der Waals surface area contributed by atoms with E-state index in [1.54, 1.807) is 0 Å². The molecule has 15 heavy (non-hydrogen) atoms. The van der Waals surface area contributed by atoms with E-state index < -0.39 is 6.09 Å². The van der Waals surface area contributed by atoms with Crippen molar-refractivity contribution < 1.29 is 20.1 Å². The van der Waals surface area contributed by atoms with Gasteiger partial charge in [-0.05, 0) is 12.1 Å². The average Bonchev–Trinajstić information content (AvgIpc) is 2.15. The predicted octanol–water partition coefficient (Wildman–Crippen LogP) is 1.04. The highest BCUT2D eigenvalue weighted by atomic mass is 16.4. The van der Waals surface area contributed by atoms with E-state index in [1.807, 2.05) is 0 Å². The lowest BCUT2D eigenvalue weighted by atomic mass is 10.2. The van der Waals surface area contributed by atoms with Crippen LogP contribution in [0.1, 0.15) is 5.56 Å². The summed E-state index contributed by atoms with van der Waals surface area (Å²) in [4.78, 5) is 10.4. The Morgan fingerprint density at radius 2 is 2.13 bits per heavy atom. The van der Waals surface area contributed by atoms with Crippen LogP contribution in [-0.4, -0.2) is 39.7 Å². The fraction of sp³-hybridized carbons (Fsp3) is 0.111. The van der Waals surface area contributed by atoms with Crippen LogP contribution in [-0.2, 0) is 0 Å². The summed E-state index contributed by atoms with van der Waals surface area (Å²) in [5, 5.41) is 31.1. The minimum Gasteiger partial charge on any atom is -0.508 e. The number of phenols is 2. The first-order valence-corrected chi connectivity index (χ1v) is 4.03. The molecule has 0 fully saturated rings. The Morgan fingerprint density at radius 3 is 2.67 bits per heavy atom. The zero-order valence-corrected chi connectivity index (χ0v) is 7.95. The van der Waals surface area contributed by atoms with Gasteiger partial charge in [0.25, 0.3) is 0 Å². The number of carbonyl (C=O) groups is 1. The Morgan fingerprint density at radius 1 is 1.47 bits per heavy atom. The summed E-state index contributed by atoms with van der Waals surface area (Å²) in [6.07, 6.45) is -0.0207. The number of amides is 1. The number of phenolic OH excluding ortho intramolecular Hbond substituents is 2. The first-order valence-electron chi connectivity index (χ1n) is 4.03. The third kappa shape index (κ3) is 2.87. The maximum Gasteiger partial charge on any atom is 0.427 e. The van der Waals surface area contributed by atoms with Gasteiger partial charge in [-0.3, -0.25) is 0 Å². The van der Waals surface area contributed by atoms with Crippen molar-refractivity contribution in [1.29, 1.82) is 0 Å². The summed E-state index contributed by atoms with van der Waals surface area (Å²) in [6, 6.07) is 3.92. The van der Waals surface area contributed by atoms with Gasteiger partial charge in [0.2, 0.25) is 0 Å². The molecule has 0 bridgehead atoms. The molecule has 0 unspecified atom stereocenters. The minimum atomic E-state index is -1.20. The monoisotopic (exact) mass is 210 g/mol. The predicted molar refractivity (Wildman–Crippen MR) is 53.2 cm³/mol. The molecular weight excluding hydrogens is 200 g/mol. The number of hydrogen-bond donors (Lipinski definition) is 3. The fourth-order valence-corrected chi connectivity index (χ4v) is 0.839. The second-order valence-corrected chi connectivity index (χ2v) is 2.79. The highest BCUT2D eigenvalue weighted by Crippen LogP contribution is 2.20. The molecule has 6 heteroatoms.